The molecule has 0 radical (unpaired) electrons. The Morgan fingerprint density at radius 3 is 1.97 bits per heavy atom. The lowest BCUT2D eigenvalue weighted by atomic mass is 10.1. The van der Waals surface area contributed by atoms with Crippen molar-refractivity contribution in [2.24, 2.45) is 0 Å². The molecule has 1 aromatic heterocycles. The van der Waals surface area contributed by atoms with E-state index in [1.165, 1.54) is 24.3 Å². The predicted molar refractivity (Wildman–Crippen MR) is 115 cm³/mol. The molecule has 0 bridgehead atoms. The van der Waals surface area contributed by atoms with Gasteiger partial charge in [0.05, 0.1) is 23.8 Å². The third-order valence-corrected chi connectivity index (χ3v) is 4.49. The predicted octanol–water partition coefficient (Wildman–Crippen LogP) is 4.03. The highest BCUT2D eigenvalue weighted by Gasteiger charge is 2.31. The topological polar surface area (TPSA) is 115 Å². The fourth-order valence-corrected chi connectivity index (χ4v) is 2.80. The smallest absolute Gasteiger partial charge is 0.394 e. The molecule has 3 aromatic rings. The average Bonchev–Trinajstić information content (AvgIpc) is 2.80. The first-order valence-corrected chi connectivity index (χ1v) is 10.1. The minimum absolute atomic E-state index is 0.0243. The van der Waals surface area contributed by atoms with Crippen LogP contribution in [0.3, 0.4) is 0 Å². The Morgan fingerprint density at radius 1 is 0.771 bits per heavy atom. The van der Waals surface area contributed by atoms with Crippen LogP contribution in [0, 0.1) is 0 Å². The molecule has 14 heteroatoms. The zero-order valence-corrected chi connectivity index (χ0v) is 17.8. The summed E-state index contributed by atoms with van der Waals surface area (Å²) in [7, 11) is 0. The van der Waals surface area contributed by atoms with Crippen LogP contribution in [-0.4, -0.2) is 44.4 Å². The van der Waals surface area contributed by atoms with Gasteiger partial charge in [0.15, 0.2) is 0 Å². The Kier molecular flexibility index (Phi) is 7.96. The van der Waals surface area contributed by atoms with Crippen molar-refractivity contribution in [2.75, 3.05) is 29.1 Å². The summed E-state index contributed by atoms with van der Waals surface area (Å²) in [6, 6.07) is 8.88. The number of aliphatic hydroxyl groups excluding tert-OH is 2. The number of halogens is 6. The van der Waals surface area contributed by atoms with Gasteiger partial charge in [-0.1, -0.05) is 18.2 Å². The molecule has 0 spiro atoms. The van der Waals surface area contributed by atoms with Crippen molar-refractivity contribution in [3.05, 3.63) is 65.2 Å². The molecule has 0 amide bonds. The van der Waals surface area contributed by atoms with Gasteiger partial charge in [0, 0.05) is 18.8 Å². The highest BCUT2D eigenvalue weighted by Crippen LogP contribution is 2.31. The minimum atomic E-state index is -4.57. The van der Waals surface area contributed by atoms with Gasteiger partial charge in [-0.05, 0) is 35.9 Å². The van der Waals surface area contributed by atoms with Crippen LogP contribution in [0.15, 0.2) is 48.5 Å². The molecular formula is C21H20F6N6O2. The number of aromatic nitrogens is 3. The molecule has 0 aliphatic rings. The largest absolute Gasteiger partial charge is 0.416 e. The molecule has 0 saturated heterocycles. The molecule has 0 aliphatic heterocycles. The lowest BCUT2D eigenvalue weighted by Crippen LogP contribution is -2.24. The van der Waals surface area contributed by atoms with Gasteiger partial charge in [0.25, 0.3) is 0 Å². The van der Waals surface area contributed by atoms with E-state index in [1.54, 1.807) is 0 Å². The van der Waals surface area contributed by atoms with Crippen molar-refractivity contribution in [1.29, 1.82) is 0 Å². The number of nitrogens with one attached hydrogen (secondary N) is 3. The SMILES string of the molecule is OCC(O)CNc1nc(NCc2cccc(C(F)(F)F)c2)nc(Nc2cccc(C(F)(F)F)c2)n1. The molecule has 188 valence electrons. The van der Waals surface area contributed by atoms with Crippen LogP contribution in [-0.2, 0) is 18.9 Å². The Labute approximate surface area is 195 Å². The number of alkyl halides is 6. The van der Waals surface area contributed by atoms with Crippen LogP contribution in [0.2, 0.25) is 0 Å². The highest BCUT2D eigenvalue weighted by atomic mass is 19.4. The van der Waals surface area contributed by atoms with Crippen LogP contribution in [0.25, 0.3) is 0 Å². The summed E-state index contributed by atoms with van der Waals surface area (Å²) in [6.07, 6.45) is -10.2. The maximum atomic E-state index is 13.0. The summed E-state index contributed by atoms with van der Waals surface area (Å²) in [5, 5.41) is 26.5. The highest BCUT2D eigenvalue weighted by molar-refractivity contribution is 5.57. The normalized spacial score (nSPS) is 12.8. The van der Waals surface area contributed by atoms with E-state index in [9.17, 15) is 31.4 Å². The van der Waals surface area contributed by atoms with E-state index in [4.69, 9.17) is 5.11 Å². The molecule has 0 fully saturated rings. The molecule has 2 aromatic carbocycles. The lowest BCUT2D eigenvalue weighted by Gasteiger charge is -2.14. The first-order chi connectivity index (χ1) is 16.4. The van der Waals surface area contributed by atoms with E-state index in [1.807, 2.05) is 0 Å². The monoisotopic (exact) mass is 502 g/mol. The number of hydrogen-bond acceptors (Lipinski definition) is 8. The second kappa shape index (κ2) is 10.7. The Bertz CT molecular complexity index is 1140. The van der Waals surface area contributed by atoms with Crippen LogP contribution in [0.4, 0.5) is 49.9 Å². The lowest BCUT2D eigenvalue weighted by molar-refractivity contribution is -0.138. The van der Waals surface area contributed by atoms with Gasteiger partial charge in [0.2, 0.25) is 17.8 Å². The van der Waals surface area contributed by atoms with Gasteiger partial charge >= 0.3 is 12.4 Å². The molecular weight excluding hydrogens is 482 g/mol. The van der Waals surface area contributed by atoms with Crippen molar-refractivity contribution in [2.45, 2.75) is 25.0 Å². The Balaban J connectivity index is 1.83. The minimum Gasteiger partial charge on any atom is -0.394 e. The van der Waals surface area contributed by atoms with Gasteiger partial charge in [0.1, 0.15) is 0 Å². The molecule has 35 heavy (non-hydrogen) atoms. The van der Waals surface area contributed by atoms with E-state index in [0.29, 0.717) is 0 Å². The summed E-state index contributed by atoms with van der Waals surface area (Å²) in [4.78, 5) is 12.1. The molecule has 0 aliphatic carbocycles. The zero-order valence-electron chi connectivity index (χ0n) is 17.8. The van der Waals surface area contributed by atoms with E-state index in [0.717, 1.165) is 24.3 Å². The Morgan fingerprint density at radius 2 is 1.34 bits per heavy atom. The summed E-state index contributed by atoms with van der Waals surface area (Å²) >= 11 is 0. The second-order valence-electron chi connectivity index (χ2n) is 7.28. The number of aliphatic hydroxyl groups is 2. The fraction of sp³-hybridized carbons (Fsp3) is 0.286. The van der Waals surface area contributed by atoms with Gasteiger partial charge in [-0.3, -0.25) is 0 Å². The molecule has 0 saturated carbocycles. The third kappa shape index (κ3) is 7.68. The third-order valence-electron chi connectivity index (χ3n) is 4.49. The van der Waals surface area contributed by atoms with Gasteiger partial charge in [-0.15, -0.1) is 0 Å². The van der Waals surface area contributed by atoms with E-state index in [-0.39, 0.29) is 42.2 Å². The van der Waals surface area contributed by atoms with E-state index < -0.39 is 36.2 Å². The molecule has 3 rings (SSSR count). The van der Waals surface area contributed by atoms with Crippen molar-refractivity contribution in [1.82, 2.24) is 15.0 Å². The quantitative estimate of drug-likeness (QED) is 0.279. The first kappa shape index (κ1) is 26.0. The number of anilines is 4. The fourth-order valence-electron chi connectivity index (χ4n) is 2.80. The average molecular weight is 502 g/mol. The number of rotatable bonds is 9. The molecule has 5 N–H and O–H groups in total. The van der Waals surface area contributed by atoms with Crippen LogP contribution < -0.4 is 16.0 Å². The summed E-state index contributed by atoms with van der Waals surface area (Å²) in [5.41, 5.74) is -1.43. The number of benzene rings is 2. The van der Waals surface area contributed by atoms with Crippen LogP contribution in [0.5, 0.6) is 0 Å². The molecule has 1 unspecified atom stereocenters. The Hall–Kier alpha value is -3.65. The molecule has 8 nitrogen and oxygen atoms in total. The van der Waals surface area contributed by atoms with Crippen LogP contribution >= 0.6 is 0 Å². The maximum Gasteiger partial charge on any atom is 0.416 e. The summed E-state index contributed by atoms with van der Waals surface area (Å²) in [6.45, 7) is -0.805. The van der Waals surface area contributed by atoms with Crippen LogP contribution in [0.1, 0.15) is 16.7 Å². The van der Waals surface area contributed by atoms with Crippen molar-refractivity contribution < 1.29 is 36.6 Å². The molecule has 1 atom stereocenters. The van der Waals surface area contributed by atoms with Gasteiger partial charge in [-0.2, -0.15) is 41.3 Å². The molecule has 1 heterocycles. The van der Waals surface area contributed by atoms with Gasteiger partial charge in [-0.25, -0.2) is 0 Å². The number of nitrogens with zero attached hydrogens (tertiary/aromatic N) is 3. The van der Waals surface area contributed by atoms with E-state index >= 15 is 0 Å². The first-order valence-electron chi connectivity index (χ1n) is 10.1. The van der Waals surface area contributed by atoms with Crippen molar-refractivity contribution in [3.63, 3.8) is 0 Å². The summed E-state index contributed by atoms with van der Waals surface area (Å²) < 4.78 is 77.9. The summed E-state index contributed by atoms with van der Waals surface area (Å²) in [5.74, 6) is -0.381. The van der Waals surface area contributed by atoms with E-state index in [2.05, 4.69) is 30.9 Å². The number of hydrogen-bond donors (Lipinski definition) is 5. The second-order valence-corrected chi connectivity index (χ2v) is 7.28. The maximum absolute atomic E-state index is 13.0. The van der Waals surface area contributed by atoms with Gasteiger partial charge < -0.3 is 26.2 Å². The van der Waals surface area contributed by atoms with Crippen molar-refractivity contribution >= 4 is 23.5 Å². The van der Waals surface area contributed by atoms with Crippen molar-refractivity contribution in [3.8, 4) is 0 Å². The standard InChI is InChI=1S/C21H20F6N6O2/c22-20(23,24)13-4-1-3-12(7-13)9-28-17-31-18(29-10-16(35)11-34)33-19(32-17)30-15-6-2-5-14(8-15)21(25,26)27/h1-8,16,34-35H,9-11H2,(H3,28,29,30,31,32,33). The zero-order chi connectivity index (χ0) is 25.6.